The number of carbonyl (C=O) groups is 2. The number of aryl methyl sites for hydroxylation is 1. The van der Waals surface area contributed by atoms with Gasteiger partial charge in [0.2, 0.25) is 0 Å². The molecule has 0 spiro atoms. The van der Waals surface area contributed by atoms with E-state index in [1.165, 1.54) is 26.3 Å². The predicted octanol–water partition coefficient (Wildman–Crippen LogP) is 3.13. The van der Waals surface area contributed by atoms with Gasteiger partial charge in [0.1, 0.15) is 12.1 Å². The molecule has 2 atom stereocenters. The Morgan fingerprint density at radius 3 is 2.34 bits per heavy atom. The second kappa shape index (κ2) is 8.94. The molecule has 0 fully saturated rings. The molecule has 7 nitrogen and oxygen atoms in total. The van der Waals surface area contributed by atoms with Crippen LogP contribution in [0.25, 0.3) is 0 Å². The van der Waals surface area contributed by atoms with Gasteiger partial charge in [-0.15, -0.1) is 0 Å². The van der Waals surface area contributed by atoms with Gasteiger partial charge in [-0.2, -0.15) is 0 Å². The van der Waals surface area contributed by atoms with Gasteiger partial charge in [-0.3, -0.25) is 4.79 Å². The van der Waals surface area contributed by atoms with E-state index in [2.05, 4.69) is 10.3 Å². The molecule has 2 unspecified atom stereocenters. The van der Waals surface area contributed by atoms with Gasteiger partial charge >= 0.3 is 5.97 Å². The maximum absolute atomic E-state index is 12.5. The van der Waals surface area contributed by atoms with E-state index in [4.69, 9.17) is 9.47 Å². The Balaban J connectivity index is 2.04. The second-order valence-corrected chi connectivity index (χ2v) is 7.57. The molecule has 1 aromatic carbocycles. The standard InChI is InChI=1S/C22H28N2O5/c1-13-7-9-16(10-8-13)22(4,5)15(3)29-21(27)14(2)24-20(26)18-19(25)17(28-6)11-12-23-18/h7-12,14-15,25H,1-6H3,(H,24,26). The van der Waals surface area contributed by atoms with Crippen LogP contribution >= 0.6 is 0 Å². The number of amides is 1. The first-order valence-corrected chi connectivity index (χ1v) is 9.38. The van der Waals surface area contributed by atoms with E-state index >= 15 is 0 Å². The van der Waals surface area contributed by atoms with Crippen molar-refractivity contribution in [1.29, 1.82) is 0 Å². The molecule has 1 amide bonds. The molecule has 0 radical (unpaired) electrons. The fourth-order valence-corrected chi connectivity index (χ4v) is 2.73. The number of nitrogens with one attached hydrogen (secondary N) is 1. The first-order valence-electron chi connectivity index (χ1n) is 9.38. The van der Waals surface area contributed by atoms with Crippen LogP contribution in [0, 0.1) is 6.92 Å². The first kappa shape index (κ1) is 22.2. The number of nitrogens with zero attached hydrogens (tertiary/aromatic N) is 1. The molecule has 29 heavy (non-hydrogen) atoms. The average Bonchev–Trinajstić information content (AvgIpc) is 2.68. The van der Waals surface area contributed by atoms with Crippen molar-refractivity contribution in [3.8, 4) is 11.5 Å². The molecule has 1 heterocycles. The number of esters is 1. The quantitative estimate of drug-likeness (QED) is 0.693. The number of benzene rings is 1. The van der Waals surface area contributed by atoms with E-state index in [0.717, 1.165) is 11.1 Å². The fraction of sp³-hybridized carbons (Fsp3) is 0.409. The third-order valence-corrected chi connectivity index (χ3v) is 5.13. The summed E-state index contributed by atoms with van der Waals surface area (Å²) in [4.78, 5) is 28.8. The van der Waals surface area contributed by atoms with Crippen LogP contribution in [0.5, 0.6) is 11.5 Å². The number of hydrogen-bond donors (Lipinski definition) is 2. The van der Waals surface area contributed by atoms with Crippen molar-refractivity contribution in [1.82, 2.24) is 10.3 Å². The van der Waals surface area contributed by atoms with E-state index < -0.39 is 29.4 Å². The second-order valence-electron chi connectivity index (χ2n) is 7.57. The molecule has 2 rings (SSSR count). The van der Waals surface area contributed by atoms with E-state index in [9.17, 15) is 14.7 Å². The largest absolute Gasteiger partial charge is 0.503 e. The third-order valence-electron chi connectivity index (χ3n) is 5.13. The zero-order valence-electron chi connectivity index (χ0n) is 17.6. The van der Waals surface area contributed by atoms with Crippen molar-refractivity contribution in [2.45, 2.75) is 52.2 Å². The number of ether oxygens (including phenoxy) is 2. The molecule has 0 bridgehead atoms. The summed E-state index contributed by atoms with van der Waals surface area (Å²) in [5.74, 6) is -1.54. The predicted molar refractivity (Wildman–Crippen MR) is 109 cm³/mol. The van der Waals surface area contributed by atoms with Gasteiger partial charge in [-0.05, 0) is 26.3 Å². The van der Waals surface area contributed by atoms with E-state index in [-0.39, 0.29) is 17.2 Å². The SMILES string of the molecule is COc1ccnc(C(=O)NC(C)C(=O)OC(C)C(C)(C)c2ccc(C)cc2)c1O. The van der Waals surface area contributed by atoms with Gasteiger partial charge in [0.15, 0.2) is 17.2 Å². The highest BCUT2D eigenvalue weighted by molar-refractivity contribution is 5.97. The van der Waals surface area contributed by atoms with Crippen LogP contribution in [0.2, 0.25) is 0 Å². The zero-order chi connectivity index (χ0) is 21.8. The molecule has 0 saturated carbocycles. The Labute approximate surface area is 171 Å². The van der Waals surface area contributed by atoms with Crippen molar-refractivity contribution in [3.63, 3.8) is 0 Å². The number of pyridine rings is 1. The Morgan fingerprint density at radius 1 is 1.14 bits per heavy atom. The van der Waals surface area contributed by atoms with E-state index in [0.29, 0.717) is 0 Å². The molecule has 7 heteroatoms. The Bertz CT molecular complexity index is 877. The van der Waals surface area contributed by atoms with Crippen molar-refractivity contribution in [3.05, 3.63) is 53.3 Å². The Hall–Kier alpha value is -3.09. The number of aromatic nitrogens is 1. The van der Waals surface area contributed by atoms with Gasteiger partial charge in [0, 0.05) is 17.7 Å². The van der Waals surface area contributed by atoms with Crippen molar-refractivity contribution >= 4 is 11.9 Å². The molecule has 0 aliphatic carbocycles. The summed E-state index contributed by atoms with van der Waals surface area (Å²) in [7, 11) is 1.37. The maximum Gasteiger partial charge on any atom is 0.328 e. The summed E-state index contributed by atoms with van der Waals surface area (Å²) >= 11 is 0. The highest BCUT2D eigenvalue weighted by Gasteiger charge is 2.32. The summed E-state index contributed by atoms with van der Waals surface area (Å²) in [5, 5.41) is 12.5. The topological polar surface area (TPSA) is 97.8 Å². The maximum atomic E-state index is 12.5. The minimum Gasteiger partial charge on any atom is -0.503 e. The monoisotopic (exact) mass is 400 g/mol. The van der Waals surface area contributed by atoms with Gasteiger partial charge in [-0.1, -0.05) is 43.7 Å². The van der Waals surface area contributed by atoms with Gasteiger partial charge in [0.25, 0.3) is 5.91 Å². The summed E-state index contributed by atoms with van der Waals surface area (Å²) in [6.45, 7) is 9.35. The molecule has 2 aromatic rings. The minimum absolute atomic E-state index is 0.119. The summed E-state index contributed by atoms with van der Waals surface area (Å²) < 4.78 is 10.6. The van der Waals surface area contributed by atoms with Crippen molar-refractivity contribution in [2.24, 2.45) is 0 Å². The molecule has 0 aliphatic rings. The molecule has 2 N–H and O–H groups in total. The summed E-state index contributed by atoms with van der Waals surface area (Å²) in [6, 6.07) is 8.57. The van der Waals surface area contributed by atoms with Gasteiger partial charge in [0.05, 0.1) is 7.11 Å². The first-order chi connectivity index (χ1) is 13.6. The van der Waals surface area contributed by atoms with Crippen LogP contribution in [0.1, 0.15) is 49.3 Å². The number of rotatable bonds is 7. The molecule has 0 saturated heterocycles. The normalized spacial score (nSPS) is 13.3. The van der Waals surface area contributed by atoms with E-state index in [1.807, 2.05) is 52.0 Å². The van der Waals surface area contributed by atoms with Crippen molar-refractivity contribution < 1.29 is 24.2 Å². The summed E-state index contributed by atoms with van der Waals surface area (Å²) in [5.41, 5.74) is 1.56. The van der Waals surface area contributed by atoms with Gasteiger partial charge in [-0.25, -0.2) is 9.78 Å². The number of carbonyl (C=O) groups excluding carboxylic acids is 2. The molecule has 1 aromatic heterocycles. The zero-order valence-corrected chi connectivity index (χ0v) is 17.6. The fourth-order valence-electron chi connectivity index (χ4n) is 2.73. The van der Waals surface area contributed by atoms with E-state index in [1.54, 1.807) is 0 Å². The number of methoxy groups -OCH3 is 1. The Morgan fingerprint density at radius 2 is 1.76 bits per heavy atom. The lowest BCUT2D eigenvalue weighted by Gasteiger charge is -2.32. The van der Waals surface area contributed by atoms with Crippen molar-refractivity contribution in [2.75, 3.05) is 7.11 Å². The van der Waals surface area contributed by atoms with Gasteiger partial charge < -0.3 is 19.9 Å². The van der Waals surface area contributed by atoms with Crippen LogP contribution in [-0.2, 0) is 14.9 Å². The smallest absolute Gasteiger partial charge is 0.328 e. The van der Waals surface area contributed by atoms with Crippen LogP contribution in [-0.4, -0.2) is 41.2 Å². The lowest BCUT2D eigenvalue weighted by molar-refractivity contribution is -0.153. The van der Waals surface area contributed by atoms with Crippen LogP contribution in [0.4, 0.5) is 0 Å². The third kappa shape index (κ3) is 5.04. The summed E-state index contributed by atoms with van der Waals surface area (Å²) in [6.07, 6.45) is 0.906. The lowest BCUT2D eigenvalue weighted by atomic mass is 9.79. The number of hydrogen-bond acceptors (Lipinski definition) is 6. The molecular formula is C22H28N2O5. The lowest BCUT2D eigenvalue weighted by Crippen LogP contribution is -2.44. The Kier molecular flexibility index (Phi) is 6.84. The number of aromatic hydroxyl groups is 1. The highest BCUT2D eigenvalue weighted by atomic mass is 16.5. The van der Waals surface area contributed by atoms with Crippen LogP contribution < -0.4 is 10.1 Å². The van der Waals surface area contributed by atoms with Crippen LogP contribution in [0.15, 0.2) is 36.5 Å². The average molecular weight is 400 g/mol. The molecule has 156 valence electrons. The van der Waals surface area contributed by atoms with Crippen LogP contribution in [0.3, 0.4) is 0 Å². The minimum atomic E-state index is -0.925. The molecule has 0 aliphatic heterocycles. The highest BCUT2D eigenvalue weighted by Crippen LogP contribution is 2.30. The molecular weight excluding hydrogens is 372 g/mol.